The molecule has 0 aliphatic carbocycles. The van der Waals surface area contributed by atoms with Gasteiger partial charge in [0, 0.05) is 25.4 Å². The van der Waals surface area contributed by atoms with Gasteiger partial charge in [-0.25, -0.2) is 0 Å². The molecule has 1 rings (SSSR count). The Hall–Kier alpha value is -0.990. The third-order valence-electron chi connectivity index (χ3n) is 2.08. The zero-order valence-electron chi connectivity index (χ0n) is 8.80. The summed E-state index contributed by atoms with van der Waals surface area (Å²) in [6.07, 6.45) is 5.82. The fourth-order valence-electron chi connectivity index (χ4n) is 1.36. The van der Waals surface area contributed by atoms with E-state index in [1.165, 1.54) is 24.8 Å². The molecule has 3 nitrogen and oxygen atoms in total. The van der Waals surface area contributed by atoms with Crippen molar-refractivity contribution in [3.05, 3.63) is 11.8 Å². The van der Waals surface area contributed by atoms with E-state index < -0.39 is 0 Å². The van der Waals surface area contributed by atoms with Crippen LogP contribution in [0.1, 0.15) is 31.7 Å². The Labute approximate surface area is 80.1 Å². The second-order valence-corrected chi connectivity index (χ2v) is 3.47. The number of aryl methyl sites for hydroxylation is 2. The summed E-state index contributed by atoms with van der Waals surface area (Å²) < 4.78 is 1.84. The van der Waals surface area contributed by atoms with Gasteiger partial charge in [-0.15, -0.1) is 0 Å². The summed E-state index contributed by atoms with van der Waals surface area (Å²) in [6.45, 7) is 5.33. The fraction of sp³-hybridized carbons (Fsp3) is 0.700. The highest BCUT2D eigenvalue weighted by Crippen LogP contribution is 2.10. The smallest absolute Gasteiger partial charge is 0.150 e. The Kier molecular flexibility index (Phi) is 3.80. The minimum absolute atomic E-state index is 1.03. The van der Waals surface area contributed by atoms with Gasteiger partial charge in [0.15, 0.2) is 5.82 Å². The molecular weight excluding hydrogens is 162 g/mol. The Morgan fingerprint density at radius 2 is 2.23 bits per heavy atom. The molecule has 74 valence electrons. The largest absolute Gasteiger partial charge is 0.368 e. The Bertz CT molecular complexity index is 253. The lowest BCUT2D eigenvalue weighted by molar-refractivity contribution is 0.734. The van der Waals surface area contributed by atoms with Crippen LogP contribution in [-0.4, -0.2) is 16.3 Å². The number of nitrogens with one attached hydrogen (secondary N) is 1. The van der Waals surface area contributed by atoms with E-state index in [1.807, 2.05) is 17.9 Å². The van der Waals surface area contributed by atoms with Gasteiger partial charge in [0.05, 0.1) is 0 Å². The SMILES string of the molecule is CCCCCNc1nn(C)cc1C. The third-order valence-corrected chi connectivity index (χ3v) is 2.08. The molecule has 0 bridgehead atoms. The Balaban J connectivity index is 2.32. The van der Waals surface area contributed by atoms with Crippen molar-refractivity contribution in [3.63, 3.8) is 0 Å². The van der Waals surface area contributed by atoms with Crippen LogP contribution in [-0.2, 0) is 7.05 Å². The first-order valence-corrected chi connectivity index (χ1v) is 4.98. The molecule has 1 N–H and O–H groups in total. The zero-order valence-corrected chi connectivity index (χ0v) is 8.80. The molecule has 0 aliphatic heterocycles. The molecule has 0 aliphatic rings. The van der Waals surface area contributed by atoms with Crippen molar-refractivity contribution in [3.8, 4) is 0 Å². The van der Waals surface area contributed by atoms with E-state index in [4.69, 9.17) is 0 Å². The predicted octanol–water partition coefficient (Wildman–Crippen LogP) is 2.33. The van der Waals surface area contributed by atoms with Crippen molar-refractivity contribution in [2.24, 2.45) is 7.05 Å². The van der Waals surface area contributed by atoms with Gasteiger partial charge in [-0.2, -0.15) is 5.10 Å². The van der Waals surface area contributed by atoms with Gasteiger partial charge < -0.3 is 5.32 Å². The van der Waals surface area contributed by atoms with Gasteiger partial charge in [-0.05, 0) is 13.3 Å². The van der Waals surface area contributed by atoms with Crippen LogP contribution in [0.3, 0.4) is 0 Å². The number of hydrogen-bond acceptors (Lipinski definition) is 2. The number of nitrogens with zero attached hydrogens (tertiary/aromatic N) is 2. The fourth-order valence-corrected chi connectivity index (χ4v) is 1.36. The van der Waals surface area contributed by atoms with Crippen molar-refractivity contribution in [1.29, 1.82) is 0 Å². The summed E-state index contributed by atoms with van der Waals surface area (Å²) in [6, 6.07) is 0. The minimum atomic E-state index is 1.03. The van der Waals surface area contributed by atoms with E-state index in [-0.39, 0.29) is 0 Å². The number of unbranched alkanes of at least 4 members (excludes halogenated alkanes) is 2. The maximum Gasteiger partial charge on any atom is 0.150 e. The topological polar surface area (TPSA) is 29.9 Å². The maximum atomic E-state index is 4.31. The molecule has 1 aromatic rings. The highest BCUT2D eigenvalue weighted by molar-refractivity contribution is 5.41. The van der Waals surface area contributed by atoms with Crippen molar-refractivity contribution in [1.82, 2.24) is 9.78 Å². The summed E-state index contributed by atoms with van der Waals surface area (Å²) in [5.74, 6) is 1.03. The van der Waals surface area contributed by atoms with Gasteiger partial charge in [-0.1, -0.05) is 19.8 Å². The van der Waals surface area contributed by atoms with E-state index in [0.717, 1.165) is 12.4 Å². The van der Waals surface area contributed by atoms with Gasteiger partial charge in [0.25, 0.3) is 0 Å². The Morgan fingerprint density at radius 1 is 1.46 bits per heavy atom. The molecule has 1 aromatic heterocycles. The van der Waals surface area contributed by atoms with Gasteiger partial charge >= 0.3 is 0 Å². The molecule has 0 unspecified atom stereocenters. The van der Waals surface area contributed by atoms with Crippen LogP contribution in [0.15, 0.2) is 6.20 Å². The van der Waals surface area contributed by atoms with Crippen molar-refractivity contribution in [2.75, 3.05) is 11.9 Å². The average molecular weight is 181 g/mol. The van der Waals surface area contributed by atoms with Crippen LogP contribution < -0.4 is 5.32 Å². The molecule has 0 saturated heterocycles. The van der Waals surface area contributed by atoms with E-state index in [0.29, 0.717) is 0 Å². The quantitative estimate of drug-likeness (QED) is 0.706. The zero-order chi connectivity index (χ0) is 9.68. The average Bonchev–Trinajstić information content (AvgIpc) is 2.39. The molecule has 0 saturated carbocycles. The van der Waals surface area contributed by atoms with E-state index >= 15 is 0 Å². The molecule has 0 atom stereocenters. The lowest BCUT2D eigenvalue weighted by atomic mass is 10.2. The van der Waals surface area contributed by atoms with Crippen LogP contribution in [0.5, 0.6) is 0 Å². The van der Waals surface area contributed by atoms with Crippen LogP contribution in [0.4, 0.5) is 5.82 Å². The highest BCUT2D eigenvalue weighted by Gasteiger charge is 2.00. The maximum absolute atomic E-state index is 4.31. The van der Waals surface area contributed by atoms with Crippen LogP contribution in [0.25, 0.3) is 0 Å². The number of aromatic nitrogens is 2. The summed E-state index contributed by atoms with van der Waals surface area (Å²) in [5.41, 5.74) is 1.22. The molecule has 0 radical (unpaired) electrons. The van der Waals surface area contributed by atoms with Gasteiger partial charge in [0.2, 0.25) is 0 Å². The first-order chi connectivity index (χ1) is 6.24. The molecule has 1 heterocycles. The number of anilines is 1. The second-order valence-electron chi connectivity index (χ2n) is 3.47. The lowest BCUT2D eigenvalue weighted by Gasteiger charge is -2.02. The molecule has 0 fully saturated rings. The summed E-state index contributed by atoms with van der Waals surface area (Å²) in [4.78, 5) is 0. The summed E-state index contributed by atoms with van der Waals surface area (Å²) in [5, 5.41) is 7.65. The van der Waals surface area contributed by atoms with E-state index in [9.17, 15) is 0 Å². The highest BCUT2D eigenvalue weighted by atomic mass is 15.3. The standard InChI is InChI=1S/C10H19N3/c1-4-5-6-7-11-10-9(2)8-13(3)12-10/h8H,4-7H2,1-3H3,(H,11,12). The first-order valence-electron chi connectivity index (χ1n) is 4.98. The number of hydrogen-bond donors (Lipinski definition) is 1. The molecule has 0 aromatic carbocycles. The van der Waals surface area contributed by atoms with Crippen LogP contribution in [0, 0.1) is 6.92 Å². The lowest BCUT2D eigenvalue weighted by Crippen LogP contribution is -2.03. The van der Waals surface area contributed by atoms with E-state index in [1.54, 1.807) is 0 Å². The van der Waals surface area contributed by atoms with Crippen LogP contribution >= 0.6 is 0 Å². The second kappa shape index (κ2) is 4.90. The summed E-state index contributed by atoms with van der Waals surface area (Å²) >= 11 is 0. The normalized spacial score (nSPS) is 10.4. The monoisotopic (exact) mass is 181 g/mol. The molecular formula is C10H19N3. The van der Waals surface area contributed by atoms with Gasteiger partial charge in [0.1, 0.15) is 0 Å². The first kappa shape index (κ1) is 10.1. The molecule has 0 spiro atoms. The molecule has 13 heavy (non-hydrogen) atoms. The molecule has 3 heteroatoms. The van der Waals surface area contributed by atoms with E-state index in [2.05, 4.69) is 24.3 Å². The van der Waals surface area contributed by atoms with Gasteiger partial charge in [-0.3, -0.25) is 4.68 Å². The Morgan fingerprint density at radius 3 is 2.77 bits per heavy atom. The van der Waals surface area contributed by atoms with Crippen molar-refractivity contribution >= 4 is 5.82 Å². The third kappa shape index (κ3) is 3.09. The summed E-state index contributed by atoms with van der Waals surface area (Å²) in [7, 11) is 1.95. The van der Waals surface area contributed by atoms with Crippen molar-refractivity contribution < 1.29 is 0 Å². The molecule has 0 amide bonds. The van der Waals surface area contributed by atoms with Crippen molar-refractivity contribution in [2.45, 2.75) is 33.1 Å². The number of rotatable bonds is 5. The minimum Gasteiger partial charge on any atom is -0.368 e. The predicted molar refractivity (Wildman–Crippen MR) is 56.0 cm³/mol. The van der Waals surface area contributed by atoms with Crippen LogP contribution in [0.2, 0.25) is 0 Å².